The molecule has 0 aromatic heterocycles. The van der Waals surface area contributed by atoms with Gasteiger partial charge in [-0.2, -0.15) is 0 Å². The van der Waals surface area contributed by atoms with Gasteiger partial charge in [-0.3, -0.25) is 0 Å². The topological polar surface area (TPSA) is 36.9 Å². The fourth-order valence-corrected chi connectivity index (χ4v) is 5.09. The highest BCUT2D eigenvalue weighted by atomic mass is 16.5. The minimum atomic E-state index is 0.165. The zero-order valence-corrected chi connectivity index (χ0v) is 21.9. The van der Waals surface area contributed by atoms with Crippen LogP contribution in [0.4, 0.5) is 0 Å². The average molecular weight is 501 g/mol. The van der Waals surface area contributed by atoms with Crippen LogP contribution in [-0.2, 0) is 9.47 Å². The fourth-order valence-electron chi connectivity index (χ4n) is 5.09. The summed E-state index contributed by atoms with van der Waals surface area (Å²) in [6.07, 6.45) is 7.10. The van der Waals surface area contributed by atoms with Gasteiger partial charge in [0.2, 0.25) is 0 Å². The van der Waals surface area contributed by atoms with E-state index in [0.29, 0.717) is 0 Å². The highest BCUT2D eigenvalue weighted by molar-refractivity contribution is 5.45. The molecule has 3 aromatic carbocycles. The van der Waals surface area contributed by atoms with Gasteiger partial charge >= 0.3 is 0 Å². The molecular formula is C33H40O4. The first-order valence-corrected chi connectivity index (χ1v) is 14.0. The van der Waals surface area contributed by atoms with Crippen LogP contribution in [0.5, 0.6) is 11.5 Å². The quantitative estimate of drug-likeness (QED) is 0.163. The normalized spacial score (nSPS) is 15.8. The van der Waals surface area contributed by atoms with E-state index in [0.717, 1.165) is 75.8 Å². The summed E-state index contributed by atoms with van der Waals surface area (Å²) in [4.78, 5) is 0. The van der Waals surface area contributed by atoms with Gasteiger partial charge in [-0.15, -0.1) is 0 Å². The van der Waals surface area contributed by atoms with E-state index in [-0.39, 0.29) is 5.92 Å². The smallest absolute Gasteiger partial charge is 0.119 e. The van der Waals surface area contributed by atoms with Crippen molar-refractivity contribution in [3.8, 4) is 11.5 Å². The lowest BCUT2D eigenvalue weighted by Crippen LogP contribution is -2.27. The van der Waals surface area contributed by atoms with E-state index in [9.17, 15) is 0 Å². The van der Waals surface area contributed by atoms with Crippen molar-refractivity contribution in [2.45, 2.75) is 44.4 Å². The van der Waals surface area contributed by atoms with E-state index >= 15 is 0 Å². The van der Waals surface area contributed by atoms with Gasteiger partial charge < -0.3 is 18.9 Å². The zero-order chi connectivity index (χ0) is 25.1. The predicted octanol–water partition coefficient (Wildman–Crippen LogP) is 7.26. The summed E-state index contributed by atoms with van der Waals surface area (Å²) in [6, 6.07) is 28.0. The standard InChI is InChI=1S/C33H40O4/c1-2-10-28(11-3-1)33(29-12-16-31(17-13-29)36-20-6-4-8-26-22-34-23-26)30-14-18-32(19-15-30)37-21-7-5-9-27-24-35-25-27/h1-3,10-19,26-27,33H,4-9,20-25H2. The molecule has 2 aliphatic rings. The van der Waals surface area contributed by atoms with Crippen molar-refractivity contribution in [2.75, 3.05) is 39.6 Å². The largest absolute Gasteiger partial charge is 0.494 e. The highest BCUT2D eigenvalue weighted by Gasteiger charge is 2.19. The molecular weight excluding hydrogens is 460 g/mol. The first kappa shape index (κ1) is 25.8. The lowest BCUT2D eigenvalue weighted by molar-refractivity contribution is -0.0367. The molecule has 196 valence electrons. The van der Waals surface area contributed by atoms with Crippen molar-refractivity contribution in [3.63, 3.8) is 0 Å². The minimum absolute atomic E-state index is 0.165. The maximum Gasteiger partial charge on any atom is 0.119 e. The maximum absolute atomic E-state index is 6.02. The number of rotatable bonds is 15. The van der Waals surface area contributed by atoms with E-state index in [1.54, 1.807) is 0 Å². The third-order valence-electron chi connectivity index (χ3n) is 7.52. The van der Waals surface area contributed by atoms with Gasteiger partial charge in [0.25, 0.3) is 0 Å². The highest BCUT2D eigenvalue weighted by Crippen LogP contribution is 2.34. The Morgan fingerprint density at radius 3 is 1.38 bits per heavy atom. The van der Waals surface area contributed by atoms with Crippen LogP contribution in [-0.4, -0.2) is 39.6 Å². The Bertz CT molecular complexity index is 972. The van der Waals surface area contributed by atoms with Crippen LogP contribution in [0.15, 0.2) is 78.9 Å². The third kappa shape index (κ3) is 7.59. The summed E-state index contributed by atoms with van der Waals surface area (Å²) in [5, 5.41) is 0. The molecule has 2 saturated heterocycles. The average Bonchev–Trinajstić information content (AvgIpc) is 2.88. The van der Waals surface area contributed by atoms with Crippen molar-refractivity contribution in [1.29, 1.82) is 0 Å². The number of ether oxygens (including phenoxy) is 4. The molecule has 0 atom stereocenters. The number of hydrogen-bond acceptors (Lipinski definition) is 4. The van der Waals surface area contributed by atoms with Crippen molar-refractivity contribution < 1.29 is 18.9 Å². The second-order valence-electron chi connectivity index (χ2n) is 10.5. The first-order chi connectivity index (χ1) is 18.3. The van der Waals surface area contributed by atoms with Crippen LogP contribution in [0.1, 0.15) is 61.1 Å². The molecule has 5 rings (SSSR count). The summed E-state index contributed by atoms with van der Waals surface area (Å²) in [7, 11) is 0. The molecule has 0 saturated carbocycles. The number of unbranched alkanes of at least 4 members (excludes halogenated alkanes) is 2. The maximum atomic E-state index is 6.02. The Labute approximate surface area is 221 Å². The van der Waals surface area contributed by atoms with Crippen molar-refractivity contribution in [1.82, 2.24) is 0 Å². The molecule has 3 aromatic rings. The monoisotopic (exact) mass is 500 g/mol. The second kappa shape index (κ2) is 13.6. The molecule has 37 heavy (non-hydrogen) atoms. The Morgan fingerprint density at radius 1 is 0.541 bits per heavy atom. The molecule has 2 heterocycles. The molecule has 0 aliphatic carbocycles. The molecule has 4 heteroatoms. The zero-order valence-electron chi connectivity index (χ0n) is 21.9. The fraction of sp³-hybridized carbons (Fsp3) is 0.455. The molecule has 0 spiro atoms. The van der Waals surface area contributed by atoms with Gasteiger partial charge in [0.05, 0.1) is 39.6 Å². The Hall–Kier alpha value is -2.82. The summed E-state index contributed by atoms with van der Waals surface area (Å²) < 4.78 is 22.6. The molecule has 2 aliphatic heterocycles. The molecule has 2 fully saturated rings. The van der Waals surface area contributed by atoms with E-state index in [2.05, 4.69) is 78.9 Å². The summed E-state index contributed by atoms with van der Waals surface area (Å²) in [5.74, 6) is 3.59. The molecule has 0 N–H and O–H groups in total. The lowest BCUT2D eigenvalue weighted by Gasteiger charge is -2.25. The molecule has 0 bridgehead atoms. The predicted molar refractivity (Wildman–Crippen MR) is 148 cm³/mol. The van der Waals surface area contributed by atoms with Gasteiger partial charge in [-0.25, -0.2) is 0 Å². The van der Waals surface area contributed by atoms with E-state index < -0.39 is 0 Å². The van der Waals surface area contributed by atoms with Gasteiger partial charge in [0, 0.05) is 17.8 Å². The van der Waals surface area contributed by atoms with Gasteiger partial charge in [-0.1, -0.05) is 54.6 Å². The summed E-state index contributed by atoms with van der Waals surface area (Å²) in [6.45, 7) is 5.31. The van der Waals surface area contributed by atoms with Gasteiger partial charge in [-0.05, 0) is 79.5 Å². The third-order valence-corrected chi connectivity index (χ3v) is 7.52. The van der Waals surface area contributed by atoms with E-state index in [1.807, 2.05) is 0 Å². The van der Waals surface area contributed by atoms with Gasteiger partial charge in [0.15, 0.2) is 0 Å². The van der Waals surface area contributed by atoms with Crippen LogP contribution in [0.25, 0.3) is 0 Å². The van der Waals surface area contributed by atoms with Crippen molar-refractivity contribution in [2.24, 2.45) is 11.8 Å². The SMILES string of the molecule is c1ccc(C(c2ccc(OCCCCC3COC3)cc2)c2ccc(OCCCCC3COC3)cc2)cc1. The molecule has 0 radical (unpaired) electrons. The number of hydrogen-bond donors (Lipinski definition) is 0. The van der Waals surface area contributed by atoms with E-state index in [4.69, 9.17) is 18.9 Å². The number of benzene rings is 3. The lowest BCUT2D eigenvalue weighted by atomic mass is 9.85. The summed E-state index contributed by atoms with van der Waals surface area (Å²) in [5.41, 5.74) is 3.80. The van der Waals surface area contributed by atoms with Crippen LogP contribution in [0.3, 0.4) is 0 Å². The molecule has 0 amide bonds. The van der Waals surface area contributed by atoms with Gasteiger partial charge in [0.1, 0.15) is 11.5 Å². The second-order valence-corrected chi connectivity index (χ2v) is 10.5. The van der Waals surface area contributed by atoms with Crippen LogP contribution < -0.4 is 9.47 Å². The first-order valence-electron chi connectivity index (χ1n) is 14.0. The molecule has 4 nitrogen and oxygen atoms in total. The van der Waals surface area contributed by atoms with Crippen molar-refractivity contribution >= 4 is 0 Å². The van der Waals surface area contributed by atoms with Crippen molar-refractivity contribution in [3.05, 3.63) is 95.6 Å². The molecule has 0 unspecified atom stereocenters. The van der Waals surface area contributed by atoms with Crippen LogP contribution >= 0.6 is 0 Å². The van der Waals surface area contributed by atoms with Crippen LogP contribution in [0, 0.1) is 11.8 Å². The van der Waals surface area contributed by atoms with Crippen LogP contribution in [0.2, 0.25) is 0 Å². The minimum Gasteiger partial charge on any atom is -0.494 e. The Morgan fingerprint density at radius 2 is 0.973 bits per heavy atom. The van der Waals surface area contributed by atoms with E-state index in [1.165, 1.54) is 42.4 Å². The summed E-state index contributed by atoms with van der Waals surface area (Å²) >= 11 is 0. The Balaban J connectivity index is 1.16. The Kier molecular flexibility index (Phi) is 9.52.